The fourth-order valence-corrected chi connectivity index (χ4v) is 7.05. The first-order valence-corrected chi connectivity index (χ1v) is 19.0. The van der Waals surface area contributed by atoms with Crippen LogP contribution >= 0.6 is 0 Å². The van der Waals surface area contributed by atoms with Crippen molar-refractivity contribution in [2.45, 2.75) is 151 Å². The number of benzene rings is 3. The van der Waals surface area contributed by atoms with Crippen LogP contribution in [0.2, 0.25) is 6.32 Å². The summed E-state index contributed by atoms with van der Waals surface area (Å²) in [6, 6.07) is 28.9. The van der Waals surface area contributed by atoms with Gasteiger partial charge in [-0.2, -0.15) is 22.7 Å². The Morgan fingerprint density at radius 3 is 1.21 bits per heavy atom. The van der Waals surface area contributed by atoms with Crippen molar-refractivity contribution in [2.24, 2.45) is 7.05 Å². The van der Waals surface area contributed by atoms with Crippen molar-refractivity contribution in [3.63, 3.8) is 0 Å². The van der Waals surface area contributed by atoms with Crippen molar-refractivity contribution >= 4 is 22.5 Å². The van der Waals surface area contributed by atoms with Crippen LogP contribution in [0.25, 0.3) is 0 Å². The van der Waals surface area contributed by atoms with E-state index in [1.54, 1.807) is 0 Å². The van der Waals surface area contributed by atoms with E-state index in [1.807, 2.05) is 0 Å². The van der Waals surface area contributed by atoms with Crippen LogP contribution in [0, 0.1) is 6.92 Å². The van der Waals surface area contributed by atoms with Gasteiger partial charge in [0.2, 0.25) is 0 Å². The van der Waals surface area contributed by atoms with Crippen LogP contribution in [0.5, 0.6) is 0 Å². The van der Waals surface area contributed by atoms with Gasteiger partial charge in [-0.1, -0.05) is 181 Å². The van der Waals surface area contributed by atoms with Crippen molar-refractivity contribution in [3.05, 3.63) is 108 Å². The second-order valence-electron chi connectivity index (χ2n) is 17.5. The molecule has 0 fully saturated rings. The first-order chi connectivity index (χ1) is 22.4. The van der Waals surface area contributed by atoms with Gasteiger partial charge in [-0.3, -0.25) is 0 Å². The monoisotopic (exact) mass is 649 g/mol. The van der Waals surface area contributed by atoms with Gasteiger partial charge in [0.25, 0.3) is 5.82 Å². The highest BCUT2D eigenvalue weighted by atomic mass is 15.1. The predicted molar refractivity (Wildman–Crippen MR) is 214 cm³/mol. The summed E-state index contributed by atoms with van der Waals surface area (Å²) in [6.07, 6.45) is 12.0. The zero-order chi connectivity index (χ0) is 35.8. The summed E-state index contributed by atoms with van der Waals surface area (Å²) in [6.45, 7) is 28.6. The summed E-state index contributed by atoms with van der Waals surface area (Å²) < 4.78 is 4.44. The maximum atomic E-state index is 2.44. The number of aromatic nitrogens is 2. The molecule has 4 rings (SSSR count). The average molecular weight is 649 g/mol. The first-order valence-electron chi connectivity index (χ1n) is 19.0. The minimum Gasteiger partial charge on any atom is -0.237 e. The predicted octanol–water partition coefficient (Wildman–Crippen LogP) is 10.1. The lowest BCUT2D eigenvalue weighted by molar-refractivity contribution is -0.677. The van der Waals surface area contributed by atoms with Crippen LogP contribution in [-0.2, 0) is 29.8 Å². The first kappa shape index (κ1) is 39.4. The molecule has 0 aliphatic heterocycles. The number of aryl methyl sites for hydroxylation is 2. The highest BCUT2D eigenvalue weighted by Crippen LogP contribution is 2.27. The lowest BCUT2D eigenvalue weighted by Crippen LogP contribution is -2.67. The van der Waals surface area contributed by atoms with Crippen molar-refractivity contribution < 1.29 is 4.57 Å². The Balaban J connectivity index is 0.000000480. The molecule has 0 spiro atoms. The van der Waals surface area contributed by atoms with Gasteiger partial charge >= 0.3 is 0 Å². The van der Waals surface area contributed by atoms with Gasteiger partial charge in [-0.15, -0.1) is 0 Å². The molecular formula is C45H69BN2. The summed E-state index contributed by atoms with van der Waals surface area (Å²) in [4.78, 5) is 0. The van der Waals surface area contributed by atoms with E-state index in [9.17, 15) is 0 Å². The summed E-state index contributed by atoms with van der Waals surface area (Å²) in [5.41, 5.74) is 9.06. The normalized spacial score (nSPS) is 12.5. The molecule has 0 N–H and O–H groups in total. The molecule has 48 heavy (non-hydrogen) atoms. The molecule has 3 aromatic carbocycles. The maximum absolute atomic E-state index is 2.44. The van der Waals surface area contributed by atoms with Gasteiger partial charge in [0, 0.05) is 6.92 Å². The number of imidazole rings is 1. The lowest BCUT2D eigenvalue weighted by atomic mass is 9.14. The smallest absolute Gasteiger partial charge is 0.237 e. The SMILES string of the molecule is CCCCCC[B-](c1ccc(C(C)(C)C)cc1)(c1ccc(C(C)(C)C)cc1)c1ccc(C(C)(C)C)cc1.CCCCn1cc[n+](C)c1C. The maximum Gasteiger partial charge on any atom is 0.253 e. The third kappa shape index (κ3) is 9.99. The Labute approximate surface area is 296 Å². The molecule has 262 valence electrons. The Morgan fingerprint density at radius 2 is 0.917 bits per heavy atom. The molecule has 0 radical (unpaired) electrons. The van der Waals surface area contributed by atoms with E-state index in [0.29, 0.717) is 0 Å². The number of hydrogen-bond acceptors (Lipinski definition) is 0. The molecular weight excluding hydrogens is 579 g/mol. The summed E-state index contributed by atoms with van der Waals surface area (Å²) in [5.74, 6) is 1.33. The van der Waals surface area contributed by atoms with E-state index in [2.05, 4.69) is 184 Å². The molecule has 0 amide bonds. The summed E-state index contributed by atoms with van der Waals surface area (Å²) in [7, 11) is 2.08. The second kappa shape index (κ2) is 16.6. The van der Waals surface area contributed by atoms with Crippen molar-refractivity contribution in [3.8, 4) is 0 Å². The van der Waals surface area contributed by atoms with Gasteiger partial charge in [0.05, 0.1) is 19.7 Å². The topological polar surface area (TPSA) is 8.81 Å². The molecule has 0 bridgehead atoms. The van der Waals surface area contributed by atoms with E-state index in [1.165, 1.54) is 83.7 Å². The van der Waals surface area contributed by atoms with Gasteiger partial charge in [-0.25, -0.2) is 9.13 Å². The third-order valence-electron chi connectivity index (χ3n) is 10.7. The van der Waals surface area contributed by atoms with Gasteiger partial charge in [-0.05, 0) is 39.4 Å². The second-order valence-corrected chi connectivity index (χ2v) is 17.5. The average Bonchev–Trinajstić information content (AvgIpc) is 3.36. The molecule has 3 heteroatoms. The Hall–Kier alpha value is -3.07. The van der Waals surface area contributed by atoms with Crippen LogP contribution in [0.3, 0.4) is 0 Å². The highest BCUT2D eigenvalue weighted by Gasteiger charge is 2.31. The molecule has 0 saturated heterocycles. The van der Waals surface area contributed by atoms with Crippen LogP contribution in [0.1, 0.15) is 137 Å². The van der Waals surface area contributed by atoms with Crippen LogP contribution in [0.4, 0.5) is 0 Å². The van der Waals surface area contributed by atoms with Crippen LogP contribution < -0.4 is 21.0 Å². The fraction of sp³-hybridized carbons (Fsp3) is 0.533. The van der Waals surface area contributed by atoms with Gasteiger partial charge < -0.3 is 0 Å². The van der Waals surface area contributed by atoms with E-state index < -0.39 is 6.15 Å². The highest BCUT2D eigenvalue weighted by molar-refractivity contribution is 7.11. The molecule has 1 aromatic heterocycles. The Kier molecular flexibility index (Phi) is 13.6. The Bertz CT molecular complexity index is 1380. The van der Waals surface area contributed by atoms with Crippen molar-refractivity contribution in [1.82, 2.24) is 4.57 Å². The van der Waals surface area contributed by atoms with Gasteiger partial charge in [0.15, 0.2) is 0 Å². The zero-order valence-corrected chi connectivity index (χ0v) is 33.2. The number of nitrogens with zero attached hydrogens (tertiary/aromatic N) is 2. The lowest BCUT2D eigenvalue weighted by Gasteiger charge is -2.44. The minimum atomic E-state index is -1.09. The molecule has 4 aromatic rings. The minimum absolute atomic E-state index is 0.151. The van der Waals surface area contributed by atoms with Crippen molar-refractivity contribution in [1.29, 1.82) is 0 Å². The molecule has 0 unspecified atom stereocenters. The van der Waals surface area contributed by atoms with E-state index in [0.717, 1.165) is 6.54 Å². The van der Waals surface area contributed by atoms with Gasteiger partial charge in [0.1, 0.15) is 12.4 Å². The van der Waals surface area contributed by atoms with E-state index in [-0.39, 0.29) is 16.2 Å². The molecule has 0 aliphatic carbocycles. The fourth-order valence-electron chi connectivity index (χ4n) is 7.05. The largest absolute Gasteiger partial charge is 0.253 e. The zero-order valence-electron chi connectivity index (χ0n) is 33.2. The standard InChI is InChI=1S/C36H52B.C9H17N2/c1-11-12-13-14-27-37(31-21-15-28(16-22-31)34(2,3)4,32-23-17-29(18-24-32)35(5,6)7)33-25-19-30(20-26-33)36(8,9)10;1-4-5-6-11-8-7-10(3)9(11)2/h15-26H,11-14,27H2,1-10H3;7-8H,4-6H2,1-3H3/q-1;+1. The number of unbranched alkanes of at least 4 members (excludes halogenated alkanes) is 4. The third-order valence-corrected chi connectivity index (χ3v) is 10.7. The summed E-state index contributed by atoms with van der Waals surface area (Å²) in [5, 5.41) is 0. The summed E-state index contributed by atoms with van der Waals surface area (Å²) >= 11 is 0. The van der Waals surface area contributed by atoms with Crippen LogP contribution in [-0.4, -0.2) is 10.7 Å². The molecule has 0 atom stereocenters. The molecule has 0 saturated carbocycles. The quantitative estimate of drug-likeness (QED) is 0.0870. The van der Waals surface area contributed by atoms with Crippen molar-refractivity contribution in [2.75, 3.05) is 0 Å². The Morgan fingerprint density at radius 1 is 0.542 bits per heavy atom. The molecule has 1 heterocycles. The van der Waals surface area contributed by atoms with Crippen LogP contribution in [0.15, 0.2) is 85.2 Å². The van der Waals surface area contributed by atoms with E-state index in [4.69, 9.17) is 0 Å². The number of rotatable bonds is 11. The molecule has 2 nitrogen and oxygen atoms in total. The molecule has 0 aliphatic rings. The number of hydrogen-bond donors (Lipinski definition) is 0. The van der Waals surface area contributed by atoms with E-state index >= 15 is 0 Å².